The molecule has 0 bridgehead atoms. The smallest absolute Gasteiger partial charge is 0.118 e. The topological polar surface area (TPSA) is 64.7 Å². The van der Waals surface area contributed by atoms with Crippen molar-refractivity contribution in [2.75, 3.05) is 13.7 Å². The highest BCUT2D eigenvalue weighted by Crippen LogP contribution is 2.21. The third kappa shape index (κ3) is 2.70. The minimum Gasteiger partial charge on any atom is -0.497 e. The molecule has 1 rings (SSSR count). The van der Waals surface area contributed by atoms with E-state index in [-0.39, 0.29) is 12.7 Å². The first-order valence-electron chi connectivity index (χ1n) is 4.42. The van der Waals surface area contributed by atoms with E-state index in [2.05, 4.69) is 0 Å². The normalized spacial score (nSPS) is 12.5. The zero-order valence-electron chi connectivity index (χ0n) is 8.14. The molecular weight excluding hydrogens is 182 g/mol. The van der Waals surface area contributed by atoms with Crippen LogP contribution in [0.15, 0.2) is 24.3 Å². The van der Waals surface area contributed by atoms with Crippen LogP contribution in [-0.2, 0) is 4.84 Å². The molecule has 0 aliphatic carbocycles. The number of nitrogens with two attached hydrogens (primary N) is 1. The van der Waals surface area contributed by atoms with Crippen molar-refractivity contribution in [2.45, 2.75) is 12.5 Å². The van der Waals surface area contributed by atoms with Crippen LogP contribution in [0.3, 0.4) is 0 Å². The van der Waals surface area contributed by atoms with E-state index in [1.165, 1.54) is 0 Å². The minimum absolute atomic E-state index is 0.0495. The standard InChI is InChI=1S/C10H15NO3/c1-13-9-4-2-8(3-5-9)10(14-11)6-7-12/h2-5,10,12H,6-7,11H2,1H3. The first-order valence-corrected chi connectivity index (χ1v) is 4.42. The molecule has 1 unspecified atom stereocenters. The van der Waals surface area contributed by atoms with Gasteiger partial charge in [0.05, 0.1) is 7.11 Å². The van der Waals surface area contributed by atoms with Crippen LogP contribution in [0.4, 0.5) is 0 Å². The summed E-state index contributed by atoms with van der Waals surface area (Å²) in [6, 6.07) is 7.40. The van der Waals surface area contributed by atoms with E-state index in [9.17, 15) is 0 Å². The molecule has 0 fully saturated rings. The molecule has 0 spiro atoms. The van der Waals surface area contributed by atoms with Crippen molar-refractivity contribution in [3.8, 4) is 5.75 Å². The Morgan fingerprint density at radius 3 is 2.43 bits per heavy atom. The van der Waals surface area contributed by atoms with Crippen molar-refractivity contribution < 1.29 is 14.7 Å². The molecule has 0 aromatic heterocycles. The van der Waals surface area contributed by atoms with E-state index in [1.807, 2.05) is 24.3 Å². The lowest BCUT2D eigenvalue weighted by atomic mass is 10.1. The van der Waals surface area contributed by atoms with E-state index in [4.69, 9.17) is 20.6 Å². The van der Waals surface area contributed by atoms with Gasteiger partial charge in [-0.15, -0.1) is 0 Å². The second kappa shape index (κ2) is 5.59. The first-order chi connectivity index (χ1) is 6.81. The molecule has 3 N–H and O–H groups in total. The highest BCUT2D eigenvalue weighted by molar-refractivity contribution is 5.28. The molecule has 0 amide bonds. The lowest BCUT2D eigenvalue weighted by Gasteiger charge is -2.13. The summed E-state index contributed by atoms with van der Waals surface area (Å²) in [6.45, 7) is 0.0495. The second-order valence-electron chi connectivity index (χ2n) is 2.91. The van der Waals surface area contributed by atoms with Gasteiger partial charge in [-0.2, -0.15) is 0 Å². The van der Waals surface area contributed by atoms with Crippen molar-refractivity contribution in [3.63, 3.8) is 0 Å². The number of aliphatic hydroxyl groups excluding tert-OH is 1. The van der Waals surface area contributed by atoms with Gasteiger partial charge >= 0.3 is 0 Å². The summed E-state index contributed by atoms with van der Waals surface area (Å²) in [5.41, 5.74) is 0.933. The third-order valence-corrected chi connectivity index (χ3v) is 2.04. The van der Waals surface area contributed by atoms with Gasteiger partial charge in [0.1, 0.15) is 11.9 Å². The number of ether oxygens (including phenoxy) is 1. The van der Waals surface area contributed by atoms with Crippen molar-refractivity contribution in [1.82, 2.24) is 0 Å². The molecule has 4 nitrogen and oxygen atoms in total. The number of rotatable bonds is 5. The minimum atomic E-state index is -0.258. The van der Waals surface area contributed by atoms with Crippen LogP contribution in [0, 0.1) is 0 Å². The molecule has 0 radical (unpaired) electrons. The van der Waals surface area contributed by atoms with Gasteiger partial charge < -0.3 is 9.84 Å². The van der Waals surface area contributed by atoms with Crippen LogP contribution in [-0.4, -0.2) is 18.8 Å². The second-order valence-corrected chi connectivity index (χ2v) is 2.91. The van der Waals surface area contributed by atoms with Crippen LogP contribution >= 0.6 is 0 Å². The molecule has 1 aromatic carbocycles. The van der Waals surface area contributed by atoms with Gasteiger partial charge in [0, 0.05) is 13.0 Å². The Balaban J connectivity index is 2.73. The molecule has 14 heavy (non-hydrogen) atoms. The van der Waals surface area contributed by atoms with Gasteiger partial charge in [-0.1, -0.05) is 12.1 Å². The summed E-state index contributed by atoms with van der Waals surface area (Å²) in [6.07, 6.45) is 0.230. The Morgan fingerprint density at radius 1 is 1.36 bits per heavy atom. The monoisotopic (exact) mass is 197 g/mol. The Labute approximate surface area is 83.2 Å². The van der Waals surface area contributed by atoms with E-state index in [1.54, 1.807) is 7.11 Å². The Kier molecular flexibility index (Phi) is 4.39. The highest BCUT2D eigenvalue weighted by atomic mass is 16.6. The molecule has 4 heteroatoms. The Hall–Kier alpha value is -1.10. The van der Waals surface area contributed by atoms with E-state index >= 15 is 0 Å². The van der Waals surface area contributed by atoms with Gasteiger partial charge in [0.15, 0.2) is 0 Å². The number of benzene rings is 1. The van der Waals surface area contributed by atoms with Gasteiger partial charge in [-0.3, -0.25) is 4.84 Å². The van der Waals surface area contributed by atoms with Crippen molar-refractivity contribution in [1.29, 1.82) is 0 Å². The van der Waals surface area contributed by atoms with Gasteiger partial charge in [0.25, 0.3) is 0 Å². The lowest BCUT2D eigenvalue weighted by Crippen LogP contribution is -2.10. The number of hydrogen-bond acceptors (Lipinski definition) is 4. The SMILES string of the molecule is COc1ccc(C(CCO)ON)cc1. The summed E-state index contributed by atoms with van der Waals surface area (Å²) in [5, 5.41) is 8.77. The summed E-state index contributed by atoms with van der Waals surface area (Å²) in [7, 11) is 1.61. The van der Waals surface area contributed by atoms with Gasteiger partial charge in [0.2, 0.25) is 0 Å². The summed E-state index contributed by atoms with van der Waals surface area (Å²) in [4.78, 5) is 4.75. The van der Waals surface area contributed by atoms with Crippen molar-refractivity contribution in [3.05, 3.63) is 29.8 Å². The first kappa shape index (κ1) is 11.0. The number of methoxy groups -OCH3 is 1. The lowest BCUT2D eigenvalue weighted by molar-refractivity contribution is 0.0342. The summed E-state index contributed by atoms with van der Waals surface area (Å²) < 4.78 is 5.02. The number of hydrogen-bond donors (Lipinski definition) is 2. The maximum Gasteiger partial charge on any atom is 0.118 e. The summed E-state index contributed by atoms with van der Waals surface area (Å²) in [5.74, 6) is 5.90. The Morgan fingerprint density at radius 2 is 2.00 bits per heavy atom. The molecule has 0 aliphatic heterocycles. The average Bonchev–Trinajstić information content (AvgIpc) is 2.26. The largest absolute Gasteiger partial charge is 0.497 e. The fourth-order valence-electron chi connectivity index (χ4n) is 1.25. The molecule has 0 saturated heterocycles. The molecule has 0 heterocycles. The predicted octanol–water partition coefficient (Wildman–Crippen LogP) is 1.01. The molecule has 1 aromatic rings. The average molecular weight is 197 g/mol. The fourth-order valence-corrected chi connectivity index (χ4v) is 1.25. The van der Waals surface area contributed by atoms with Crippen LogP contribution < -0.4 is 10.6 Å². The maximum absolute atomic E-state index is 8.77. The zero-order valence-corrected chi connectivity index (χ0v) is 8.14. The van der Waals surface area contributed by atoms with Gasteiger partial charge in [-0.05, 0) is 17.7 Å². The molecule has 1 atom stereocenters. The molecular formula is C10H15NO3. The number of aliphatic hydroxyl groups is 1. The van der Waals surface area contributed by atoms with Crippen LogP contribution in [0.5, 0.6) is 5.75 Å². The van der Waals surface area contributed by atoms with Crippen LogP contribution in [0.25, 0.3) is 0 Å². The summed E-state index contributed by atoms with van der Waals surface area (Å²) >= 11 is 0. The molecule has 0 aliphatic rings. The highest BCUT2D eigenvalue weighted by Gasteiger charge is 2.09. The fraction of sp³-hybridized carbons (Fsp3) is 0.400. The maximum atomic E-state index is 8.77. The van der Waals surface area contributed by atoms with Gasteiger partial charge in [-0.25, -0.2) is 5.90 Å². The van der Waals surface area contributed by atoms with E-state index in [0.717, 1.165) is 11.3 Å². The zero-order chi connectivity index (χ0) is 10.4. The van der Waals surface area contributed by atoms with Crippen molar-refractivity contribution in [2.24, 2.45) is 5.90 Å². The van der Waals surface area contributed by atoms with Crippen LogP contribution in [0.1, 0.15) is 18.1 Å². The quantitative estimate of drug-likeness (QED) is 0.691. The third-order valence-electron chi connectivity index (χ3n) is 2.04. The predicted molar refractivity (Wildman–Crippen MR) is 52.7 cm³/mol. The Bertz CT molecular complexity index is 261. The van der Waals surface area contributed by atoms with Crippen LogP contribution in [0.2, 0.25) is 0 Å². The van der Waals surface area contributed by atoms with Crippen molar-refractivity contribution >= 4 is 0 Å². The molecule has 78 valence electrons. The van der Waals surface area contributed by atoms with E-state index < -0.39 is 0 Å². The molecule has 0 saturated carbocycles. The van der Waals surface area contributed by atoms with E-state index in [0.29, 0.717) is 6.42 Å².